The number of carbonyl (C=O) groups is 1. The Bertz CT molecular complexity index is 442. The Labute approximate surface area is 140 Å². The van der Waals surface area contributed by atoms with Gasteiger partial charge in [-0.05, 0) is 12.8 Å². The minimum Gasteiger partial charge on any atom is -0.395 e. The van der Waals surface area contributed by atoms with Gasteiger partial charge in [0.1, 0.15) is 0 Å². The van der Waals surface area contributed by atoms with Gasteiger partial charge in [0.2, 0.25) is 0 Å². The molecule has 5 nitrogen and oxygen atoms in total. The molecule has 1 aromatic heterocycles. The largest absolute Gasteiger partial charge is 0.395 e. The second kappa shape index (κ2) is 12.0. The number of nitrogens with two attached hydrogens (primary N) is 1. The molecule has 0 aromatic carbocycles. The first-order valence-electron chi connectivity index (χ1n) is 9.31. The summed E-state index contributed by atoms with van der Waals surface area (Å²) in [5.74, 6) is -0.172. The van der Waals surface area contributed by atoms with Crippen LogP contribution in [0.2, 0.25) is 0 Å². The van der Waals surface area contributed by atoms with Gasteiger partial charge in [0, 0.05) is 6.54 Å². The Kier molecular flexibility index (Phi) is 10.2. The number of amides is 1. The number of carbonyl (C=O) groups excluding carboxylic acids is 1. The normalized spacial score (nSPS) is 10.9. The molecule has 0 aliphatic carbocycles. The van der Waals surface area contributed by atoms with Gasteiger partial charge in [-0.15, -0.1) is 0 Å². The Hall–Kier alpha value is -1.52. The quantitative estimate of drug-likeness (QED) is 0.476. The number of nitrogen functional groups attached to an aromatic ring is 1. The fourth-order valence-corrected chi connectivity index (χ4v) is 2.73. The number of nitrogens with zero attached hydrogens (tertiary/aromatic N) is 1. The lowest BCUT2D eigenvalue weighted by Gasteiger charge is -2.04. The minimum absolute atomic E-state index is 0.172. The summed E-state index contributed by atoms with van der Waals surface area (Å²) in [6, 6.07) is 0. The van der Waals surface area contributed by atoms with E-state index in [-0.39, 0.29) is 5.91 Å². The third-order valence-electron chi connectivity index (χ3n) is 4.27. The van der Waals surface area contributed by atoms with Crippen molar-refractivity contribution < 1.29 is 4.79 Å². The molecule has 0 saturated heterocycles. The second-order valence-corrected chi connectivity index (χ2v) is 6.26. The SMILES string of the molecule is CCCCCCCCCCCCNC(=O)c1n[nH]c(CC)c1N. The van der Waals surface area contributed by atoms with Crippen molar-refractivity contribution in [2.75, 3.05) is 12.3 Å². The van der Waals surface area contributed by atoms with Gasteiger partial charge in [0.05, 0.1) is 11.4 Å². The summed E-state index contributed by atoms with van der Waals surface area (Å²) in [7, 11) is 0. The Morgan fingerprint density at radius 1 is 1.00 bits per heavy atom. The van der Waals surface area contributed by atoms with E-state index in [1.807, 2.05) is 6.92 Å². The van der Waals surface area contributed by atoms with Crippen LogP contribution in [-0.2, 0) is 6.42 Å². The number of hydrogen-bond acceptors (Lipinski definition) is 3. The highest BCUT2D eigenvalue weighted by molar-refractivity contribution is 5.97. The molecule has 0 fully saturated rings. The molecule has 0 atom stereocenters. The van der Waals surface area contributed by atoms with Crippen LogP contribution in [0.4, 0.5) is 5.69 Å². The van der Waals surface area contributed by atoms with Crippen LogP contribution >= 0.6 is 0 Å². The highest BCUT2D eigenvalue weighted by Gasteiger charge is 2.15. The van der Waals surface area contributed by atoms with Crippen LogP contribution in [0.15, 0.2) is 0 Å². The van der Waals surface area contributed by atoms with Crippen LogP contribution in [-0.4, -0.2) is 22.6 Å². The van der Waals surface area contributed by atoms with Crippen molar-refractivity contribution in [2.24, 2.45) is 0 Å². The maximum absolute atomic E-state index is 12.0. The summed E-state index contributed by atoms with van der Waals surface area (Å²) in [5, 5.41) is 9.71. The van der Waals surface area contributed by atoms with Crippen molar-refractivity contribution in [3.63, 3.8) is 0 Å². The molecule has 1 aromatic rings. The monoisotopic (exact) mass is 322 g/mol. The summed E-state index contributed by atoms with van der Waals surface area (Å²) in [6.07, 6.45) is 13.7. The van der Waals surface area contributed by atoms with Crippen molar-refractivity contribution >= 4 is 11.6 Å². The maximum atomic E-state index is 12.0. The third-order valence-corrected chi connectivity index (χ3v) is 4.27. The van der Waals surface area contributed by atoms with E-state index in [0.717, 1.165) is 18.5 Å². The standard InChI is InChI=1S/C18H34N4O/c1-3-5-6-7-8-9-10-11-12-13-14-20-18(23)17-16(19)15(4-2)21-22-17/h3-14,19H2,1-2H3,(H,20,23)(H,21,22). The lowest BCUT2D eigenvalue weighted by molar-refractivity contribution is 0.0949. The van der Waals surface area contributed by atoms with Gasteiger partial charge in [-0.1, -0.05) is 71.6 Å². The van der Waals surface area contributed by atoms with E-state index in [2.05, 4.69) is 22.4 Å². The van der Waals surface area contributed by atoms with E-state index in [9.17, 15) is 4.79 Å². The Morgan fingerprint density at radius 2 is 1.57 bits per heavy atom. The number of anilines is 1. The van der Waals surface area contributed by atoms with E-state index >= 15 is 0 Å². The van der Waals surface area contributed by atoms with Crippen LogP contribution in [0, 0.1) is 0 Å². The molecule has 0 radical (unpaired) electrons. The first-order chi connectivity index (χ1) is 11.2. The number of hydrogen-bond donors (Lipinski definition) is 3. The van der Waals surface area contributed by atoms with Gasteiger partial charge in [-0.3, -0.25) is 9.89 Å². The Morgan fingerprint density at radius 3 is 2.09 bits per heavy atom. The molecule has 1 heterocycles. The topological polar surface area (TPSA) is 83.8 Å². The van der Waals surface area contributed by atoms with Gasteiger partial charge < -0.3 is 11.1 Å². The molecule has 0 aliphatic rings. The van der Waals surface area contributed by atoms with Crippen molar-refractivity contribution in [3.8, 4) is 0 Å². The molecular formula is C18H34N4O. The molecule has 4 N–H and O–H groups in total. The van der Waals surface area contributed by atoms with Crippen LogP contribution in [0.3, 0.4) is 0 Å². The van der Waals surface area contributed by atoms with Crippen molar-refractivity contribution in [1.29, 1.82) is 0 Å². The van der Waals surface area contributed by atoms with Crippen LogP contribution in [0.25, 0.3) is 0 Å². The van der Waals surface area contributed by atoms with Gasteiger partial charge in [0.25, 0.3) is 5.91 Å². The lowest BCUT2D eigenvalue weighted by atomic mass is 10.1. The van der Waals surface area contributed by atoms with Crippen LogP contribution in [0.1, 0.15) is 94.2 Å². The molecule has 23 heavy (non-hydrogen) atoms. The number of rotatable bonds is 13. The third kappa shape index (κ3) is 7.53. The van der Waals surface area contributed by atoms with E-state index in [4.69, 9.17) is 5.73 Å². The summed E-state index contributed by atoms with van der Waals surface area (Å²) in [5.41, 5.74) is 7.52. The number of H-pyrrole nitrogens is 1. The first-order valence-corrected chi connectivity index (χ1v) is 9.31. The molecule has 0 saturated carbocycles. The zero-order chi connectivity index (χ0) is 16.9. The molecule has 0 spiro atoms. The summed E-state index contributed by atoms with van der Waals surface area (Å²) in [6.45, 7) is 4.93. The van der Waals surface area contributed by atoms with Gasteiger partial charge in [-0.2, -0.15) is 5.10 Å². The second-order valence-electron chi connectivity index (χ2n) is 6.26. The minimum atomic E-state index is -0.172. The number of nitrogens with one attached hydrogen (secondary N) is 2. The molecule has 132 valence electrons. The lowest BCUT2D eigenvalue weighted by Crippen LogP contribution is -2.25. The molecule has 5 heteroatoms. The van der Waals surface area contributed by atoms with Gasteiger partial charge >= 0.3 is 0 Å². The molecule has 0 bridgehead atoms. The smallest absolute Gasteiger partial charge is 0.273 e. The van der Waals surface area contributed by atoms with E-state index in [0.29, 0.717) is 17.9 Å². The van der Waals surface area contributed by atoms with Crippen molar-refractivity contribution in [3.05, 3.63) is 11.4 Å². The zero-order valence-corrected chi connectivity index (χ0v) is 14.9. The van der Waals surface area contributed by atoms with E-state index in [1.54, 1.807) is 0 Å². The van der Waals surface area contributed by atoms with E-state index in [1.165, 1.54) is 57.8 Å². The number of aromatic amines is 1. The average Bonchev–Trinajstić information content (AvgIpc) is 2.93. The molecule has 0 unspecified atom stereocenters. The van der Waals surface area contributed by atoms with E-state index < -0.39 is 0 Å². The molecule has 0 aliphatic heterocycles. The highest BCUT2D eigenvalue weighted by atomic mass is 16.1. The van der Waals surface area contributed by atoms with Crippen molar-refractivity contribution in [1.82, 2.24) is 15.5 Å². The summed E-state index contributed by atoms with van der Waals surface area (Å²) < 4.78 is 0. The van der Waals surface area contributed by atoms with Crippen molar-refractivity contribution in [2.45, 2.75) is 84.5 Å². The average molecular weight is 322 g/mol. The number of unbranched alkanes of at least 4 members (excludes halogenated alkanes) is 9. The van der Waals surface area contributed by atoms with Gasteiger partial charge in [-0.25, -0.2) is 0 Å². The molecule has 1 rings (SSSR count). The fraction of sp³-hybridized carbons (Fsp3) is 0.778. The fourth-order valence-electron chi connectivity index (χ4n) is 2.73. The summed E-state index contributed by atoms with van der Waals surface area (Å²) >= 11 is 0. The zero-order valence-electron chi connectivity index (χ0n) is 14.9. The molecular weight excluding hydrogens is 288 g/mol. The maximum Gasteiger partial charge on any atom is 0.273 e. The predicted molar refractivity (Wildman–Crippen MR) is 96.6 cm³/mol. The molecule has 1 amide bonds. The number of aryl methyl sites for hydroxylation is 1. The first kappa shape index (κ1) is 19.5. The van der Waals surface area contributed by atoms with Crippen LogP contribution in [0.5, 0.6) is 0 Å². The highest BCUT2D eigenvalue weighted by Crippen LogP contribution is 2.14. The van der Waals surface area contributed by atoms with Crippen LogP contribution < -0.4 is 11.1 Å². The predicted octanol–water partition coefficient (Wildman–Crippen LogP) is 4.21. The van der Waals surface area contributed by atoms with Gasteiger partial charge in [0.15, 0.2) is 5.69 Å². The Balaban J connectivity index is 2.00. The summed E-state index contributed by atoms with van der Waals surface area (Å²) in [4.78, 5) is 12.0. The number of aromatic nitrogens is 2.